The Labute approximate surface area is 140 Å². The van der Waals surface area contributed by atoms with Gasteiger partial charge in [0.1, 0.15) is 5.82 Å². The molecule has 0 unspecified atom stereocenters. The summed E-state index contributed by atoms with van der Waals surface area (Å²) in [7, 11) is 0. The van der Waals surface area contributed by atoms with Gasteiger partial charge in [0.15, 0.2) is 0 Å². The van der Waals surface area contributed by atoms with E-state index in [4.69, 9.17) is 4.74 Å². The van der Waals surface area contributed by atoms with Gasteiger partial charge < -0.3 is 15.4 Å². The van der Waals surface area contributed by atoms with Crippen molar-refractivity contribution < 1.29 is 14.3 Å². The molecule has 1 amide bonds. The third kappa shape index (κ3) is 4.42. The smallest absolute Gasteiger partial charge is 0.340 e. The van der Waals surface area contributed by atoms with Gasteiger partial charge in [-0.05, 0) is 31.2 Å². The molecule has 6 heteroatoms. The van der Waals surface area contributed by atoms with Crippen molar-refractivity contribution in [2.45, 2.75) is 6.92 Å². The number of pyridine rings is 1. The number of amides is 1. The Bertz CT molecular complexity index is 727. The van der Waals surface area contributed by atoms with E-state index in [2.05, 4.69) is 22.2 Å². The van der Waals surface area contributed by atoms with E-state index in [9.17, 15) is 9.59 Å². The lowest BCUT2D eigenvalue weighted by Gasteiger charge is -2.10. The number of para-hydroxylation sites is 1. The van der Waals surface area contributed by atoms with Gasteiger partial charge in [0.2, 0.25) is 0 Å². The SMILES string of the molecule is C=CCNc1ccc(C(=O)Nc2ccccc2C(=O)OCC)cn1. The monoisotopic (exact) mass is 325 g/mol. The highest BCUT2D eigenvalue weighted by molar-refractivity contribution is 6.07. The molecule has 0 saturated heterocycles. The zero-order valence-electron chi connectivity index (χ0n) is 13.4. The molecule has 1 aromatic heterocycles. The van der Waals surface area contributed by atoms with Crippen molar-refractivity contribution in [1.82, 2.24) is 4.98 Å². The van der Waals surface area contributed by atoms with Crippen molar-refractivity contribution in [2.75, 3.05) is 23.8 Å². The largest absolute Gasteiger partial charge is 0.462 e. The molecule has 6 nitrogen and oxygen atoms in total. The van der Waals surface area contributed by atoms with Crippen LogP contribution in [0.4, 0.5) is 11.5 Å². The van der Waals surface area contributed by atoms with Crippen LogP contribution in [0.5, 0.6) is 0 Å². The van der Waals surface area contributed by atoms with Gasteiger partial charge in [-0.25, -0.2) is 9.78 Å². The lowest BCUT2D eigenvalue weighted by molar-refractivity contribution is 0.0527. The van der Waals surface area contributed by atoms with Gasteiger partial charge in [-0.3, -0.25) is 4.79 Å². The first-order valence-corrected chi connectivity index (χ1v) is 7.54. The number of hydrogen-bond donors (Lipinski definition) is 2. The fourth-order valence-corrected chi connectivity index (χ4v) is 1.98. The summed E-state index contributed by atoms with van der Waals surface area (Å²) in [5.74, 6) is -0.177. The molecular formula is C18H19N3O3. The van der Waals surface area contributed by atoms with Crippen LogP contribution < -0.4 is 10.6 Å². The number of nitrogens with one attached hydrogen (secondary N) is 2. The fourth-order valence-electron chi connectivity index (χ4n) is 1.98. The number of esters is 1. The van der Waals surface area contributed by atoms with Crippen molar-refractivity contribution >= 4 is 23.4 Å². The Morgan fingerprint density at radius 3 is 2.71 bits per heavy atom. The summed E-state index contributed by atoms with van der Waals surface area (Å²) in [5.41, 5.74) is 1.09. The Hall–Kier alpha value is -3.15. The van der Waals surface area contributed by atoms with E-state index in [0.29, 0.717) is 29.2 Å². The molecule has 0 aliphatic carbocycles. The summed E-state index contributed by atoms with van der Waals surface area (Å²) in [4.78, 5) is 28.4. The van der Waals surface area contributed by atoms with E-state index < -0.39 is 5.97 Å². The first kappa shape index (κ1) is 17.2. The summed E-state index contributed by atoms with van der Waals surface area (Å²) in [6, 6.07) is 10.1. The van der Waals surface area contributed by atoms with Crippen molar-refractivity contribution in [2.24, 2.45) is 0 Å². The maximum absolute atomic E-state index is 12.3. The molecule has 124 valence electrons. The van der Waals surface area contributed by atoms with Crippen LogP contribution in [-0.2, 0) is 4.74 Å². The first-order chi connectivity index (χ1) is 11.7. The van der Waals surface area contributed by atoms with Crippen molar-refractivity contribution in [3.8, 4) is 0 Å². The molecule has 2 N–H and O–H groups in total. The lowest BCUT2D eigenvalue weighted by Crippen LogP contribution is -2.16. The van der Waals surface area contributed by atoms with E-state index >= 15 is 0 Å². The minimum atomic E-state index is -0.476. The number of hydrogen-bond acceptors (Lipinski definition) is 5. The highest BCUT2D eigenvalue weighted by atomic mass is 16.5. The van der Waals surface area contributed by atoms with E-state index in [1.165, 1.54) is 6.20 Å². The van der Waals surface area contributed by atoms with Crippen LogP contribution in [0.2, 0.25) is 0 Å². The van der Waals surface area contributed by atoms with Crippen LogP contribution in [0.15, 0.2) is 55.3 Å². The third-order valence-electron chi connectivity index (χ3n) is 3.12. The number of carbonyl (C=O) groups excluding carboxylic acids is 2. The highest BCUT2D eigenvalue weighted by Crippen LogP contribution is 2.17. The maximum atomic E-state index is 12.3. The topological polar surface area (TPSA) is 80.3 Å². The van der Waals surface area contributed by atoms with E-state index in [1.807, 2.05) is 0 Å². The Morgan fingerprint density at radius 1 is 1.25 bits per heavy atom. The molecule has 0 spiro atoms. The second-order valence-corrected chi connectivity index (χ2v) is 4.82. The first-order valence-electron chi connectivity index (χ1n) is 7.54. The van der Waals surface area contributed by atoms with Crippen molar-refractivity contribution in [3.63, 3.8) is 0 Å². The van der Waals surface area contributed by atoms with Crippen LogP contribution in [0, 0.1) is 0 Å². The molecule has 0 fully saturated rings. The standard InChI is InChI=1S/C18H19N3O3/c1-3-11-19-16-10-9-13(12-20-16)17(22)21-15-8-6-5-7-14(15)18(23)24-4-2/h3,5-10,12H,1,4,11H2,2H3,(H,19,20)(H,21,22). The molecule has 0 atom stereocenters. The van der Waals surface area contributed by atoms with Crippen LogP contribution in [0.25, 0.3) is 0 Å². The van der Waals surface area contributed by atoms with Gasteiger partial charge in [-0.1, -0.05) is 18.2 Å². The normalized spacial score (nSPS) is 9.88. The third-order valence-corrected chi connectivity index (χ3v) is 3.12. The van der Waals surface area contributed by atoms with Crippen LogP contribution >= 0.6 is 0 Å². The number of nitrogens with zero attached hydrogens (tertiary/aromatic N) is 1. The number of aromatic nitrogens is 1. The van der Waals surface area contributed by atoms with E-state index in [0.717, 1.165) is 0 Å². The van der Waals surface area contributed by atoms with Crippen LogP contribution in [-0.4, -0.2) is 30.0 Å². The molecule has 0 bridgehead atoms. The predicted octanol–water partition coefficient (Wildman–Crippen LogP) is 3.11. The molecule has 0 aliphatic heterocycles. The second-order valence-electron chi connectivity index (χ2n) is 4.82. The lowest BCUT2D eigenvalue weighted by atomic mass is 10.1. The summed E-state index contributed by atoms with van der Waals surface area (Å²) in [6.07, 6.45) is 3.18. The number of rotatable bonds is 7. The quantitative estimate of drug-likeness (QED) is 0.604. The summed E-state index contributed by atoms with van der Waals surface area (Å²) in [6.45, 7) is 6.20. The summed E-state index contributed by atoms with van der Waals surface area (Å²) < 4.78 is 4.99. The molecule has 24 heavy (non-hydrogen) atoms. The van der Waals surface area contributed by atoms with Gasteiger partial charge in [0.05, 0.1) is 23.4 Å². The van der Waals surface area contributed by atoms with Crippen molar-refractivity contribution in [3.05, 3.63) is 66.4 Å². The minimum Gasteiger partial charge on any atom is -0.462 e. The number of ether oxygens (including phenoxy) is 1. The van der Waals surface area contributed by atoms with Gasteiger partial charge in [-0.2, -0.15) is 0 Å². The molecule has 0 aliphatic rings. The van der Waals surface area contributed by atoms with E-state index in [-0.39, 0.29) is 12.5 Å². The van der Waals surface area contributed by atoms with Gasteiger partial charge in [0, 0.05) is 12.7 Å². The van der Waals surface area contributed by atoms with Gasteiger partial charge >= 0.3 is 5.97 Å². The van der Waals surface area contributed by atoms with Crippen LogP contribution in [0.3, 0.4) is 0 Å². The zero-order chi connectivity index (χ0) is 17.4. The molecule has 2 aromatic rings. The van der Waals surface area contributed by atoms with Gasteiger partial charge in [0.25, 0.3) is 5.91 Å². The number of benzene rings is 1. The average molecular weight is 325 g/mol. The molecule has 0 radical (unpaired) electrons. The maximum Gasteiger partial charge on any atom is 0.340 e. The number of carbonyl (C=O) groups is 2. The van der Waals surface area contributed by atoms with Crippen molar-refractivity contribution in [1.29, 1.82) is 0 Å². The number of anilines is 2. The van der Waals surface area contributed by atoms with E-state index in [1.54, 1.807) is 49.4 Å². The Balaban J connectivity index is 2.12. The summed E-state index contributed by atoms with van der Waals surface area (Å²) >= 11 is 0. The molecule has 0 saturated carbocycles. The molecule has 2 rings (SSSR count). The fraction of sp³-hybridized carbons (Fsp3) is 0.167. The minimum absolute atomic E-state index is 0.268. The Kier molecular flexibility index (Phi) is 6.08. The van der Waals surface area contributed by atoms with Crippen LogP contribution in [0.1, 0.15) is 27.6 Å². The Morgan fingerprint density at radius 2 is 2.04 bits per heavy atom. The average Bonchev–Trinajstić information content (AvgIpc) is 2.61. The predicted molar refractivity (Wildman–Crippen MR) is 93.3 cm³/mol. The molecule has 1 heterocycles. The highest BCUT2D eigenvalue weighted by Gasteiger charge is 2.15. The second kappa shape index (κ2) is 8.47. The molecule has 1 aromatic carbocycles. The van der Waals surface area contributed by atoms with Gasteiger partial charge in [-0.15, -0.1) is 6.58 Å². The zero-order valence-corrected chi connectivity index (χ0v) is 13.4. The summed E-state index contributed by atoms with van der Waals surface area (Å²) in [5, 5.41) is 5.74. The molecular weight excluding hydrogens is 306 g/mol.